The molecule has 0 saturated carbocycles. The minimum absolute atomic E-state index is 0.0330. The summed E-state index contributed by atoms with van der Waals surface area (Å²) >= 11 is 0. The van der Waals surface area contributed by atoms with E-state index >= 15 is 0 Å². The molecular weight excluding hydrogens is 346 g/mol. The molecule has 0 radical (unpaired) electrons. The van der Waals surface area contributed by atoms with E-state index in [0.717, 1.165) is 10.9 Å². The molecule has 1 atom stereocenters. The van der Waals surface area contributed by atoms with Crippen LogP contribution >= 0.6 is 0 Å². The first kappa shape index (κ1) is 18.9. The van der Waals surface area contributed by atoms with E-state index in [1.54, 1.807) is 30.1 Å². The van der Waals surface area contributed by atoms with E-state index in [0.29, 0.717) is 26.1 Å². The van der Waals surface area contributed by atoms with Gasteiger partial charge in [0.1, 0.15) is 6.04 Å². The van der Waals surface area contributed by atoms with Crippen LogP contribution in [0.2, 0.25) is 0 Å². The number of rotatable bonds is 4. The maximum absolute atomic E-state index is 12.7. The molecule has 2 heterocycles. The van der Waals surface area contributed by atoms with Crippen molar-refractivity contribution in [1.29, 1.82) is 0 Å². The monoisotopic (exact) mass is 371 g/mol. The molecular formula is C19H25N5O3. The third-order valence-corrected chi connectivity index (χ3v) is 4.95. The first-order chi connectivity index (χ1) is 12.9. The quantitative estimate of drug-likeness (QED) is 0.787. The molecule has 8 heteroatoms. The third kappa shape index (κ3) is 3.94. The molecule has 1 aromatic carbocycles. The van der Waals surface area contributed by atoms with Gasteiger partial charge < -0.3 is 14.7 Å². The lowest BCUT2D eigenvalue weighted by Crippen LogP contribution is -2.61. The summed E-state index contributed by atoms with van der Waals surface area (Å²) in [5.41, 5.74) is 0.993. The number of piperazine rings is 1. The molecule has 3 amide bonds. The molecule has 2 aromatic rings. The summed E-state index contributed by atoms with van der Waals surface area (Å²) in [6.45, 7) is 2.97. The number of carbonyl (C=O) groups excluding carboxylic acids is 3. The molecule has 1 aromatic heterocycles. The van der Waals surface area contributed by atoms with E-state index in [1.807, 2.05) is 28.9 Å². The van der Waals surface area contributed by atoms with Crippen LogP contribution < -0.4 is 0 Å². The highest BCUT2D eigenvalue weighted by molar-refractivity contribution is 5.88. The van der Waals surface area contributed by atoms with Crippen LogP contribution in [0.4, 0.5) is 0 Å². The number of hydrogen-bond acceptors (Lipinski definition) is 4. The van der Waals surface area contributed by atoms with Crippen LogP contribution in [0.3, 0.4) is 0 Å². The Kier molecular flexibility index (Phi) is 5.43. The fraction of sp³-hybridized carbons (Fsp3) is 0.474. The number of nitrogens with zero attached hydrogens (tertiary/aromatic N) is 5. The van der Waals surface area contributed by atoms with Gasteiger partial charge >= 0.3 is 0 Å². The van der Waals surface area contributed by atoms with Crippen LogP contribution in [0.1, 0.15) is 13.3 Å². The zero-order valence-corrected chi connectivity index (χ0v) is 16.0. The second-order valence-electron chi connectivity index (χ2n) is 6.98. The summed E-state index contributed by atoms with van der Waals surface area (Å²) in [4.78, 5) is 41.7. The summed E-state index contributed by atoms with van der Waals surface area (Å²) < 4.78 is 1.82. The fourth-order valence-electron chi connectivity index (χ4n) is 3.46. The van der Waals surface area contributed by atoms with Gasteiger partial charge in [0.05, 0.1) is 24.8 Å². The standard InChI is InChI=1S/C19H25N5O3/c1-14(25)23-11-10-22(13-17(23)19(27)21(2)3)18(26)8-9-24-16-7-5-4-6-15(16)12-20-24/h4-7,12,17H,8-11,13H2,1-3H3/t17-/m1/s1. The summed E-state index contributed by atoms with van der Waals surface area (Å²) in [6.07, 6.45) is 2.09. The highest BCUT2D eigenvalue weighted by Crippen LogP contribution is 2.16. The van der Waals surface area contributed by atoms with Gasteiger partial charge in [0.15, 0.2) is 0 Å². The van der Waals surface area contributed by atoms with E-state index < -0.39 is 6.04 Å². The smallest absolute Gasteiger partial charge is 0.246 e. The van der Waals surface area contributed by atoms with Crippen LogP contribution in [0.25, 0.3) is 10.9 Å². The normalized spacial score (nSPS) is 17.2. The molecule has 0 bridgehead atoms. The molecule has 0 unspecified atom stereocenters. The number of fused-ring (bicyclic) bond motifs is 1. The first-order valence-electron chi connectivity index (χ1n) is 9.05. The Morgan fingerprint density at radius 3 is 2.63 bits per heavy atom. The average molecular weight is 371 g/mol. The number of para-hydroxylation sites is 1. The van der Waals surface area contributed by atoms with Gasteiger partial charge in [0, 0.05) is 45.9 Å². The number of amides is 3. The molecule has 3 rings (SSSR count). The van der Waals surface area contributed by atoms with Gasteiger partial charge in [0.25, 0.3) is 0 Å². The van der Waals surface area contributed by atoms with E-state index in [9.17, 15) is 14.4 Å². The lowest BCUT2D eigenvalue weighted by molar-refractivity contribution is -0.150. The van der Waals surface area contributed by atoms with E-state index in [2.05, 4.69) is 5.10 Å². The largest absolute Gasteiger partial charge is 0.347 e. The number of aryl methyl sites for hydroxylation is 1. The van der Waals surface area contributed by atoms with Crippen molar-refractivity contribution in [2.24, 2.45) is 0 Å². The molecule has 1 fully saturated rings. The van der Waals surface area contributed by atoms with Crippen molar-refractivity contribution in [3.8, 4) is 0 Å². The van der Waals surface area contributed by atoms with Gasteiger partial charge in [-0.25, -0.2) is 0 Å². The predicted molar refractivity (Wildman–Crippen MR) is 101 cm³/mol. The molecule has 27 heavy (non-hydrogen) atoms. The Bertz CT molecular complexity index is 860. The minimum atomic E-state index is -0.624. The fourth-order valence-corrected chi connectivity index (χ4v) is 3.46. The number of likely N-dealkylation sites (N-methyl/N-ethyl adjacent to an activating group) is 1. The average Bonchev–Trinajstić information content (AvgIpc) is 3.08. The molecule has 8 nitrogen and oxygen atoms in total. The van der Waals surface area contributed by atoms with Crippen LogP contribution in [-0.2, 0) is 20.9 Å². The van der Waals surface area contributed by atoms with Crippen molar-refractivity contribution in [2.75, 3.05) is 33.7 Å². The van der Waals surface area contributed by atoms with Gasteiger partial charge in [-0.2, -0.15) is 5.10 Å². The summed E-state index contributed by atoms with van der Waals surface area (Å²) in [5.74, 6) is -0.347. The zero-order valence-electron chi connectivity index (χ0n) is 16.0. The van der Waals surface area contributed by atoms with Crippen molar-refractivity contribution in [1.82, 2.24) is 24.5 Å². The lowest BCUT2D eigenvalue weighted by atomic mass is 10.1. The third-order valence-electron chi connectivity index (χ3n) is 4.95. The van der Waals surface area contributed by atoms with Gasteiger partial charge in [-0.3, -0.25) is 19.1 Å². The minimum Gasteiger partial charge on any atom is -0.347 e. The van der Waals surface area contributed by atoms with Crippen LogP contribution in [0.5, 0.6) is 0 Å². The van der Waals surface area contributed by atoms with Crippen molar-refractivity contribution >= 4 is 28.6 Å². The second-order valence-corrected chi connectivity index (χ2v) is 6.98. The van der Waals surface area contributed by atoms with E-state index in [-0.39, 0.29) is 24.3 Å². The topological polar surface area (TPSA) is 78.8 Å². The van der Waals surface area contributed by atoms with Crippen LogP contribution in [0.15, 0.2) is 30.5 Å². The van der Waals surface area contributed by atoms with Gasteiger partial charge in [-0.15, -0.1) is 0 Å². The van der Waals surface area contributed by atoms with Crippen molar-refractivity contribution in [3.05, 3.63) is 30.5 Å². The zero-order chi connectivity index (χ0) is 19.6. The molecule has 0 N–H and O–H groups in total. The summed E-state index contributed by atoms with van der Waals surface area (Å²) in [7, 11) is 3.31. The number of hydrogen-bond donors (Lipinski definition) is 0. The highest BCUT2D eigenvalue weighted by Gasteiger charge is 2.36. The summed E-state index contributed by atoms with van der Waals surface area (Å²) in [5, 5.41) is 5.38. The Morgan fingerprint density at radius 2 is 1.93 bits per heavy atom. The molecule has 1 saturated heterocycles. The summed E-state index contributed by atoms with van der Waals surface area (Å²) in [6, 6.07) is 7.24. The van der Waals surface area contributed by atoms with Crippen LogP contribution in [0, 0.1) is 0 Å². The van der Waals surface area contributed by atoms with Crippen molar-refractivity contribution in [3.63, 3.8) is 0 Å². The molecule has 0 spiro atoms. The molecule has 1 aliphatic heterocycles. The van der Waals surface area contributed by atoms with Gasteiger partial charge in [-0.05, 0) is 6.07 Å². The molecule has 0 aliphatic carbocycles. The number of carbonyl (C=O) groups is 3. The van der Waals surface area contributed by atoms with E-state index in [1.165, 1.54) is 11.8 Å². The Labute approximate surface area is 158 Å². The molecule has 1 aliphatic rings. The van der Waals surface area contributed by atoms with Crippen molar-refractivity contribution in [2.45, 2.75) is 25.9 Å². The maximum Gasteiger partial charge on any atom is 0.246 e. The van der Waals surface area contributed by atoms with Crippen molar-refractivity contribution < 1.29 is 14.4 Å². The number of benzene rings is 1. The Morgan fingerprint density at radius 1 is 1.19 bits per heavy atom. The van der Waals surface area contributed by atoms with Crippen LogP contribution in [-0.4, -0.2) is 82.0 Å². The SMILES string of the molecule is CC(=O)N1CCN(C(=O)CCn2ncc3ccccc32)C[C@@H]1C(=O)N(C)C. The number of aromatic nitrogens is 2. The second kappa shape index (κ2) is 7.77. The molecule has 144 valence electrons. The lowest BCUT2D eigenvalue weighted by Gasteiger charge is -2.41. The highest BCUT2D eigenvalue weighted by atomic mass is 16.2. The Hall–Kier alpha value is -2.90. The van der Waals surface area contributed by atoms with E-state index in [4.69, 9.17) is 0 Å². The first-order valence-corrected chi connectivity index (χ1v) is 9.05. The Balaban J connectivity index is 1.66. The van der Waals surface area contributed by atoms with Gasteiger partial charge in [-0.1, -0.05) is 18.2 Å². The van der Waals surface area contributed by atoms with Gasteiger partial charge in [0.2, 0.25) is 17.7 Å². The predicted octanol–water partition coefficient (Wildman–Crippen LogP) is 0.574. The maximum atomic E-state index is 12.7.